The lowest BCUT2D eigenvalue weighted by molar-refractivity contribution is 0.0955. The van der Waals surface area contributed by atoms with Crippen molar-refractivity contribution in [2.24, 2.45) is 5.10 Å². The van der Waals surface area contributed by atoms with Gasteiger partial charge in [0, 0.05) is 22.2 Å². The van der Waals surface area contributed by atoms with E-state index in [1.165, 1.54) is 42.6 Å². The number of nitrogens with one attached hydrogen (secondary N) is 2. The van der Waals surface area contributed by atoms with Gasteiger partial charge in [-0.05, 0) is 61.0 Å². The van der Waals surface area contributed by atoms with Gasteiger partial charge in [0.2, 0.25) is 0 Å². The first-order chi connectivity index (χ1) is 15.8. The van der Waals surface area contributed by atoms with Crippen molar-refractivity contribution in [1.82, 2.24) is 10.4 Å². The third-order valence-corrected chi connectivity index (χ3v) is 6.48. The number of hydrogen-bond acceptors (Lipinski definition) is 5. The van der Waals surface area contributed by atoms with Gasteiger partial charge < -0.3 is 0 Å². The zero-order valence-electron chi connectivity index (χ0n) is 17.5. The van der Waals surface area contributed by atoms with Crippen LogP contribution in [-0.2, 0) is 10.0 Å². The first-order valence-electron chi connectivity index (χ1n) is 9.90. The normalized spacial score (nSPS) is 11.6. The summed E-state index contributed by atoms with van der Waals surface area (Å²) in [6.07, 6.45) is 1.43. The Bertz CT molecular complexity index is 1450. The summed E-state index contributed by atoms with van der Waals surface area (Å²) in [4.78, 5) is 16.9. The molecule has 4 rings (SSSR count). The Hall–Kier alpha value is -3.75. The maximum Gasteiger partial charge on any atom is 0.271 e. The molecular weight excluding hydrogens is 460 g/mol. The summed E-state index contributed by atoms with van der Waals surface area (Å²) in [5, 5.41) is 5.15. The molecule has 0 bridgehead atoms. The highest BCUT2D eigenvalue weighted by Crippen LogP contribution is 2.20. The topological polar surface area (TPSA) is 101 Å². The summed E-state index contributed by atoms with van der Waals surface area (Å²) in [5.74, 6) is -0.454. The molecule has 0 aliphatic rings. The highest BCUT2D eigenvalue weighted by molar-refractivity contribution is 7.92. The van der Waals surface area contributed by atoms with E-state index in [2.05, 4.69) is 20.2 Å². The fraction of sp³-hybridized carbons (Fsp3) is 0.0417. The van der Waals surface area contributed by atoms with Crippen LogP contribution in [0.15, 0.2) is 88.9 Å². The number of hydrazone groups is 1. The van der Waals surface area contributed by atoms with Crippen molar-refractivity contribution in [1.29, 1.82) is 0 Å². The number of aryl methyl sites for hydroxylation is 1. The number of carbonyl (C=O) groups is 1. The SMILES string of the molecule is Cc1ccc2cc(/C=N\NC(=O)c3ccc(NS(=O)(=O)c4ccccc4)cc3)c(Cl)nc2c1. The molecule has 1 heterocycles. The highest BCUT2D eigenvalue weighted by Gasteiger charge is 2.14. The lowest BCUT2D eigenvalue weighted by atomic mass is 10.1. The summed E-state index contributed by atoms with van der Waals surface area (Å²) in [6, 6.07) is 21.7. The van der Waals surface area contributed by atoms with Gasteiger partial charge >= 0.3 is 0 Å². The van der Waals surface area contributed by atoms with Gasteiger partial charge in [0.15, 0.2) is 0 Å². The second-order valence-corrected chi connectivity index (χ2v) is 9.30. The summed E-state index contributed by atoms with van der Waals surface area (Å²) in [5.41, 5.74) is 5.51. The lowest BCUT2D eigenvalue weighted by Crippen LogP contribution is -2.18. The van der Waals surface area contributed by atoms with Crippen molar-refractivity contribution in [2.45, 2.75) is 11.8 Å². The average Bonchev–Trinajstić information content (AvgIpc) is 2.80. The zero-order chi connectivity index (χ0) is 23.4. The van der Waals surface area contributed by atoms with Crippen LogP contribution < -0.4 is 10.1 Å². The van der Waals surface area contributed by atoms with E-state index in [0.29, 0.717) is 16.8 Å². The average molecular weight is 479 g/mol. The van der Waals surface area contributed by atoms with Gasteiger partial charge in [-0.1, -0.05) is 41.9 Å². The van der Waals surface area contributed by atoms with E-state index in [1.54, 1.807) is 18.2 Å². The maximum absolute atomic E-state index is 12.4. The van der Waals surface area contributed by atoms with E-state index < -0.39 is 15.9 Å². The Kier molecular flexibility index (Phi) is 6.39. The van der Waals surface area contributed by atoms with Crippen molar-refractivity contribution in [3.8, 4) is 0 Å². The minimum Gasteiger partial charge on any atom is -0.280 e. The molecule has 2 N–H and O–H groups in total. The first kappa shape index (κ1) is 22.4. The van der Waals surface area contributed by atoms with E-state index in [4.69, 9.17) is 11.6 Å². The molecule has 166 valence electrons. The monoisotopic (exact) mass is 478 g/mol. The van der Waals surface area contributed by atoms with Crippen LogP contribution in [-0.4, -0.2) is 25.5 Å². The largest absolute Gasteiger partial charge is 0.280 e. The molecule has 7 nitrogen and oxygen atoms in total. The van der Waals surface area contributed by atoms with E-state index in [0.717, 1.165) is 16.5 Å². The van der Waals surface area contributed by atoms with Crippen molar-refractivity contribution < 1.29 is 13.2 Å². The smallest absolute Gasteiger partial charge is 0.271 e. The second kappa shape index (κ2) is 9.40. The molecule has 0 saturated carbocycles. The maximum atomic E-state index is 12.4. The van der Waals surface area contributed by atoms with Gasteiger partial charge in [-0.3, -0.25) is 9.52 Å². The molecule has 0 radical (unpaired) electrons. The number of pyridine rings is 1. The Morgan fingerprint density at radius 3 is 2.45 bits per heavy atom. The lowest BCUT2D eigenvalue weighted by Gasteiger charge is -2.08. The van der Waals surface area contributed by atoms with Gasteiger partial charge in [-0.15, -0.1) is 0 Å². The standard InChI is InChI=1S/C24H19ClN4O3S/c1-16-7-8-18-14-19(23(25)27-22(18)13-16)15-26-28-24(30)17-9-11-20(12-10-17)29-33(31,32)21-5-3-2-4-6-21/h2-15,29H,1H3,(H,28,30)/b26-15-. The van der Waals surface area contributed by atoms with Crippen LogP contribution in [0.5, 0.6) is 0 Å². The number of amides is 1. The Balaban J connectivity index is 1.42. The molecular formula is C24H19ClN4O3S. The van der Waals surface area contributed by atoms with E-state index in [1.807, 2.05) is 31.2 Å². The van der Waals surface area contributed by atoms with E-state index in [9.17, 15) is 13.2 Å². The molecule has 0 unspecified atom stereocenters. The third kappa shape index (κ3) is 5.36. The number of aromatic nitrogens is 1. The molecule has 0 fully saturated rings. The molecule has 1 aromatic heterocycles. The van der Waals surface area contributed by atoms with Crippen LogP contribution in [0.1, 0.15) is 21.5 Å². The molecule has 4 aromatic rings. The molecule has 0 spiro atoms. The minimum absolute atomic E-state index is 0.151. The van der Waals surface area contributed by atoms with Gasteiger partial charge in [-0.25, -0.2) is 18.8 Å². The number of halogens is 1. The third-order valence-electron chi connectivity index (χ3n) is 4.78. The fourth-order valence-corrected chi connectivity index (χ4v) is 4.36. The Morgan fingerprint density at radius 2 is 1.73 bits per heavy atom. The summed E-state index contributed by atoms with van der Waals surface area (Å²) < 4.78 is 27.3. The first-order valence-corrected chi connectivity index (χ1v) is 11.8. The van der Waals surface area contributed by atoms with Crippen LogP contribution in [0.4, 0.5) is 5.69 Å². The van der Waals surface area contributed by atoms with Crippen LogP contribution in [0.3, 0.4) is 0 Å². The number of rotatable bonds is 6. The predicted octanol–water partition coefficient (Wildman–Crippen LogP) is 4.76. The van der Waals surface area contributed by atoms with Crippen LogP contribution in [0, 0.1) is 6.92 Å². The number of sulfonamides is 1. The number of anilines is 1. The van der Waals surface area contributed by atoms with Gasteiger partial charge in [0.05, 0.1) is 16.6 Å². The van der Waals surface area contributed by atoms with Crippen molar-refractivity contribution >= 4 is 50.3 Å². The van der Waals surface area contributed by atoms with Gasteiger partial charge in [0.1, 0.15) is 5.15 Å². The van der Waals surface area contributed by atoms with Crippen molar-refractivity contribution in [3.63, 3.8) is 0 Å². The molecule has 3 aromatic carbocycles. The predicted molar refractivity (Wildman–Crippen MR) is 130 cm³/mol. The number of fused-ring (bicyclic) bond motifs is 1. The van der Waals surface area contributed by atoms with Gasteiger partial charge in [-0.2, -0.15) is 5.10 Å². The molecule has 0 aliphatic carbocycles. The van der Waals surface area contributed by atoms with Crippen molar-refractivity contribution in [3.05, 3.63) is 101 Å². The van der Waals surface area contributed by atoms with Crippen LogP contribution in [0.25, 0.3) is 10.9 Å². The Labute approximate surface area is 196 Å². The molecule has 0 aliphatic heterocycles. The number of carbonyl (C=O) groups excluding carboxylic acids is 1. The number of nitrogens with zero attached hydrogens (tertiary/aromatic N) is 2. The van der Waals surface area contributed by atoms with E-state index in [-0.39, 0.29) is 10.0 Å². The molecule has 0 atom stereocenters. The molecule has 9 heteroatoms. The summed E-state index contributed by atoms with van der Waals surface area (Å²) >= 11 is 6.23. The molecule has 33 heavy (non-hydrogen) atoms. The molecule has 1 amide bonds. The van der Waals surface area contributed by atoms with E-state index >= 15 is 0 Å². The fourth-order valence-electron chi connectivity index (χ4n) is 3.09. The number of benzene rings is 3. The summed E-state index contributed by atoms with van der Waals surface area (Å²) in [6.45, 7) is 1.98. The van der Waals surface area contributed by atoms with Gasteiger partial charge in [0.25, 0.3) is 15.9 Å². The quantitative estimate of drug-likeness (QED) is 0.237. The second-order valence-electron chi connectivity index (χ2n) is 7.26. The minimum atomic E-state index is -3.71. The van der Waals surface area contributed by atoms with Crippen LogP contribution in [0.2, 0.25) is 5.15 Å². The number of hydrogen-bond donors (Lipinski definition) is 2. The van der Waals surface area contributed by atoms with Crippen molar-refractivity contribution in [2.75, 3.05) is 4.72 Å². The van der Waals surface area contributed by atoms with Crippen LogP contribution >= 0.6 is 11.6 Å². The zero-order valence-corrected chi connectivity index (χ0v) is 19.1. The Morgan fingerprint density at radius 1 is 1.00 bits per heavy atom. The summed E-state index contributed by atoms with van der Waals surface area (Å²) in [7, 11) is -3.71. The molecule has 0 saturated heterocycles. The highest BCUT2D eigenvalue weighted by atomic mass is 35.5.